The molecule has 2 atom stereocenters. The van der Waals surface area contributed by atoms with Crippen molar-refractivity contribution in [3.8, 4) is 0 Å². The van der Waals surface area contributed by atoms with E-state index in [0.717, 1.165) is 19.5 Å². The highest BCUT2D eigenvalue weighted by Gasteiger charge is 2.39. The molecule has 3 aliphatic rings. The number of carbonyl (C=O) groups is 1. The van der Waals surface area contributed by atoms with Crippen LogP contribution in [0.25, 0.3) is 0 Å². The van der Waals surface area contributed by atoms with Gasteiger partial charge in [0.05, 0.1) is 12.1 Å². The van der Waals surface area contributed by atoms with Gasteiger partial charge in [0.1, 0.15) is 0 Å². The molecule has 1 aromatic rings. The number of amides is 1. The van der Waals surface area contributed by atoms with Crippen LogP contribution in [0.3, 0.4) is 0 Å². The number of aliphatic hydroxyl groups is 1. The third kappa shape index (κ3) is 2.77. The second kappa shape index (κ2) is 5.67. The summed E-state index contributed by atoms with van der Waals surface area (Å²) < 4.78 is 0. The van der Waals surface area contributed by atoms with E-state index in [0.29, 0.717) is 25.4 Å². The van der Waals surface area contributed by atoms with Crippen LogP contribution in [0.4, 0.5) is 0 Å². The van der Waals surface area contributed by atoms with Gasteiger partial charge in [-0.1, -0.05) is 24.3 Å². The first kappa shape index (κ1) is 14.2. The summed E-state index contributed by atoms with van der Waals surface area (Å²) in [4.78, 5) is 16.5. The van der Waals surface area contributed by atoms with Gasteiger partial charge in [-0.3, -0.25) is 9.69 Å². The molecule has 1 aliphatic carbocycles. The van der Waals surface area contributed by atoms with Crippen LogP contribution in [0, 0.1) is 5.92 Å². The maximum absolute atomic E-state index is 12.3. The van der Waals surface area contributed by atoms with Gasteiger partial charge in [-0.05, 0) is 36.3 Å². The van der Waals surface area contributed by atoms with Gasteiger partial charge in [0.25, 0.3) is 0 Å². The Morgan fingerprint density at radius 1 is 1.18 bits per heavy atom. The first-order valence-electron chi connectivity index (χ1n) is 8.47. The molecule has 2 aliphatic heterocycles. The number of carbonyl (C=O) groups excluding carboxylic acids is 1. The lowest BCUT2D eigenvalue weighted by atomic mass is 9.98. The molecule has 4 nitrogen and oxygen atoms in total. The van der Waals surface area contributed by atoms with Gasteiger partial charge in [0.15, 0.2) is 0 Å². The Kier molecular flexibility index (Phi) is 3.66. The maximum Gasteiger partial charge on any atom is 0.222 e. The van der Waals surface area contributed by atoms with Crippen molar-refractivity contribution in [1.82, 2.24) is 9.80 Å². The molecule has 4 heteroatoms. The van der Waals surface area contributed by atoms with Crippen molar-refractivity contribution in [2.45, 2.75) is 44.4 Å². The van der Waals surface area contributed by atoms with E-state index in [1.54, 1.807) is 0 Å². The lowest BCUT2D eigenvalue weighted by Gasteiger charge is -2.34. The van der Waals surface area contributed by atoms with E-state index in [9.17, 15) is 9.90 Å². The average Bonchev–Trinajstić information content (AvgIpc) is 3.26. The molecule has 1 saturated heterocycles. The zero-order valence-corrected chi connectivity index (χ0v) is 12.9. The Hall–Kier alpha value is -1.39. The Morgan fingerprint density at radius 3 is 2.73 bits per heavy atom. The van der Waals surface area contributed by atoms with Gasteiger partial charge in [-0.2, -0.15) is 0 Å². The maximum atomic E-state index is 12.3. The minimum absolute atomic E-state index is 0.0940. The van der Waals surface area contributed by atoms with Gasteiger partial charge in [0, 0.05) is 32.6 Å². The second-order valence-corrected chi connectivity index (χ2v) is 7.07. The first-order chi connectivity index (χ1) is 10.7. The highest BCUT2D eigenvalue weighted by molar-refractivity contribution is 5.77. The molecule has 0 spiro atoms. The predicted octanol–water partition coefficient (Wildman–Crippen LogP) is 1.42. The second-order valence-electron chi connectivity index (χ2n) is 7.07. The number of aliphatic hydroxyl groups excluding tert-OH is 1. The monoisotopic (exact) mass is 300 g/mol. The van der Waals surface area contributed by atoms with Crippen molar-refractivity contribution in [1.29, 1.82) is 0 Å². The van der Waals surface area contributed by atoms with Crippen LogP contribution in [0.2, 0.25) is 0 Å². The molecular weight excluding hydrogens is 276 g/mol. The zero-order valence-electron chi connectivity index (χ0n) is 12.9. The Labute approximate surface area is 131 Å². The molecular formula is C18H24N2O2. The van der Waals surface area contributed by atoms with Crippen LogP contribution in [0.15, 0.2) is 24.3 Å². The molecule has 1 aromatic carbocycles. The molecule has 0 aromatic heterocycles. The largest absolute Gasteiger partial charge is 0.390 e. The highest BCUT2D eigenvalue weighted by Crippen LogP contribution is 2.33. The van der Waals surface area contributed by atoms with Crippen molar-refractivity contribution < 1.29 is 9.90 Å². The van der Waals surface area contributed by atoms with Crippen molar-refractivity contribution in [3.05, 3.63) is 35.4 Å². The van der Waals surface area contributed by atoms with Gasteiger partial charge in [-0.15, -0.1) is 0 Å². The van der Waals surface area contributed by atoms with E-state index in [4.69, 9.17) is 0 Å². The summed E-state index contributed by atoms with van der Waals surface area (Å²) in [6, 6.07) is 8.65. The quantitative estimate of drug-likeness (QED) is 0.918. The fourth-order valence-corrected chi connectivity index (χ4v) is 3.83. The van der Waals surface area contributed by atoms with E-state index in [1.807, 2.05) is 4.90 Å². The van der Waals surface area contributed by atoms with Crippen molar-refractivity contribution in [3.63, 3.8) is 0 Å². The molecule has 0 bridgehead atoms. The van der Waals surface area contributed by atoms with Crippen molar-refractivity contribution >= 4 is 5.91 Å². The standard InChI is InChI=1S/C18H24N2O2/c21-17-12-20(18(22)9-13-5-6-13)11-16(17)19-8-7-14-3-1-2-4-15(14)10-19/h1-4,13,16-17,21H,5-12H2/t16-,17-/m1/s1. The minimum Gasteiger partial charge on any atom is -0.390 e. The molecule has 4 rings (SSSR count). The van der Waals surface area contributed by atoms with Crippen LogP contribution >= 0.6 is 0 Å². The van der Waals surface area contributed by atoms with Crippen molar-refractivity contribution in [2.24, 2.45) is 5.92 Å². The van der Waals surface area contributed by atoms with Gasteiger partial charge >= 0.3 is 0 Å². The van der Waals surface area contributed by atoms with Gasteiger partial charge in [0.2, 0.25) is 5.91 Å². The van der Waals surface area contributed by atoms with Crippen molar-refractivity contribution in [2.75, 3.05) is 19.6 Å². The molecule has 22 heavy (non-hydrogen) atoms. The number of hydrogen-bond acceptors (Lipinski definition) is 3. The third-order valence-corrected chi connectivity index (χ3v) is 5.40. The van der Waals surface area contributed by atoms with E-state index in [-0.39, 0.29) is 11.9 Å². The Morgan fingerprint density at radius 2 is 1.95 bits per heavy atom. The van der Waals surface area contributed by atoms with E-state index < -0.39 is 6.10 Å². The summed E-state index contributed by atoms with van der Waals surface area (Å²) in [5.41, 5.74) is 2.79. The number of fused-ring (bicyclic) bond motifs is 1. The fourth-order valence-electron chi connectivity index (χ4n) is 3.83. The number of nitrogens with zero attached hydrogens (tertiary/aromatic N) is 2. The number of hydrogen-bond donors (Lipinski definition) is 1. The number of rotatable bonds is 3. The topological polar surface area (TPSA) is 43.8 Å². The predicted molar refractivity (Wildman–Crippen MR) is 84.3 cm³/mol. The Balaban J connectivity index is 1.41. The van der Waals surface area contributed by atoms with E-state index in [1.165, 1.54) is 24.0 Å². The summed E-state index contributed by atoms with van der Waals surface area (Å²) in [5.74, 6) is 0.854. The number of benzene rings is 1. The summed E-state index contributed by atoms with van der Waals surface area (Å²) in [7, 11) is 0. The number of likely N-dealkylation sites (tertiary alicyclic amines) is 1. The average molecular weight is 300 g/mol. The molecule has 0 radical (unpaired) electrons. The molecule has 1 amide bonds. The smallest absolute Gasteiger partial charge is 0.222 e. The lowest BCUT2D eigenvalue weighted by Crippen LogP contribution is -2.45. The molecule has 1 saturated carbocycles. The third-order valence-electron chi connectivity index (χ3n) is 5.40. The van der Waals surface area contributed by atoms with Crippen LogP contribution in [-0.4, -0.2) is 52.6 Å². The summed E-state index contributed by atoms with van der Waals surface area (Å²) >= 11 is 0. The lowest BCUT2D eigenvalue weighted by molar-refractivity contribution is -0.131. The van der Waals surface area contributed by atoms with Gasteiger partial charge in [-0.25, -0.2) is 0 Å². The fraction of sp³-hybridized carbons (Fsp3) is 0.611. The number of β-amino-alcohol motifs (C(OH)–C–C–N with tert-alkyl or cyclic N) is 1. The molecule has 1 N–H and O–H groups in total. The van der Waals surface area contributed by atoms with Crippen LogP contribution in [0.5, 0.6) is 0 Å². The summed E-state index contributed by atoms with van der Waals surface area (Å²) in [6.07, 6.45) is 3.72. The van der Waals surface area contributed by atoms with Crippen LogP contribution in [-0.2, 0) is 17.8 Å². The van der Waals surface area contributed by atoms with Crippen LogP contribution < -0.4 is 0 Å². The van der Waals surface area contributed by atoms with E-state index in [2.05, 4.69) is 29.2 Å². The van der Waals surface area contributed by atoms with E-state index >= 15 is 0 Å². The summed E-state index contributed by atoms with van der Waals surface area (Å²) in [6.45, 7) is 3.06. The van der Waals surface area contributed by atoms with Crippen LogP contribution in [0.1, 0.15) is 30.4 Å². The SMILES string of the molecule is O=C(CC1CC1)N1C[C@@H](O)[C@H](N2CCc3ccccc3C2)C1. The Bertz CT molecular complexity index is 570. The molecule has 0 unspecified atom stereocenters. The first-order valence-corrected chi connectivity index (χ1v) is 8.47. The molecule has 2 fully saturated rings. The minimum atomic E-state index is -0.409. The zero-order chi connectivity index (χ0) is 15.1. The normalized spacial score (nSPS) is 28.7. The van der Waals surface area contributed by atoms with Gasteiger partial charge < -0.3 is 10.0 Å². The molecule has 118 valence electrons. The molecule has 2 heterocycles. The highest BCUT2D eigenvalue weighted by atomic mass is 16.3. The summed E-state index contributed by atoms with van der Waals surface area (Å²) in [5, 5.41) is 10.4.